The second-order valence-corrected chi connectivity index (χ2v) is 4.25. The molecule has 0 saturated carbocycles. The molecular formula is C11H15ClN2O. The van der Waals surface area contributed by atoms with Crippen LogP contribution in [0.15, 0.2) is 12.3 Å². The molecule has 0 amide bonds. The van der Waals surface area contributed by atoms with Crippen molar-refractivity contribution in [3.8, 4) is 0 Å². The standard InChI is InChI=1S/C11H15ClN2O/c12-10-7-13-11(6-9(10)8-15)14-4-2-1-3-5-14/h6-7,15H,1-5,8H2. The van der Waals surface area contributed by atoms with E-state index in [1.54, 1.807) is 6.20 Å². The molecule has 1 aromatic heterocycles. The van der Waals surface area contributed by atoms with Crippen LogP contribution >= 0.6 is 11.6 Å². The molecule has 1 fully saturated rings. The van der Waals surface area contributed by atoms with Gasteiger partial charge in [0, 0.05) is 24.8 Å². The lowest BCUT2D eigenvalue weighted by Crippen LogP contribution is -2.30. The smallest absolute Gasteiger partial charge is 0.128 e. The van der Waals surface area contributed by atoms with E-state index in [0.29, 0.717) is 5.02 Å². The molecule has 1 aliphatic rings. The molecule has 82 valence electrons. The van der Waals surface area contributed by atoms with Crippen LogP contribution in [0.1, 0.15) is 24.8 Å². The lowest BCUT2D eigenvalue weighted by molar-refractivity contribution is 0.282. The number of halogens is 1. The molecule has 15 heavy (non-hydrogen) atoms. The summed E-state index contributed by atoms with van der Waals surface area (Å²) in [4.78, 5) is 6.54. The van der Waals surface area contributed by atoms with E-state index in [0.717, 1.165) is 24.5 Å². The number of aliphatic hydroxyl groups excluding tert-OH is 1. The number of aromatic nitrogens is 1. The summed E-state index contributed by atoms with van der Waals surface area (Å²) in [6.07, 6.45) is 5.37. The fraction of sp³-hybridized carbons (Fsp3) is 0.545. The molecule has 4 heteroatoms. The van der Waals surface area contributed by atoms with Gasteiger partial charge in [0.05, 0.1) is 11.6 Å². The van der Waals surface area contributed by atoms with Gasteiger partial charge in [-0.05, 0) is 25.3 Å². The van der Waals surface area contributed by atoms with Crippen LogP contribution in [0.3, 0.4) is 0 Å². The Morgan fingerprint density at radius 3 is 2.73 bits per heavy atom. The summed E-state index contributed by atoms with van der Waals surface area (Å²) < 4.78 is 0. The van der Waals surface area contributed by atoms with Crippen LogP contribution in [0.5, 0.6) is 0 Å². The van der Waals surface area contributed by atoms with Crippen LogP contribution in [-0.4, -0.2) is 23.2 Å². The predicted octanol–water partition coefficient (Wildman–Crippen LogP) is 2.22. The summed E-state index contributed by atoms with van der Waals surface area (Å²) in [7, 11) is 0. The van der Waals surface area contributed by atoms with Crippen molar-refractivity contribution in [1.82, 2.24) is 4.98 Å². The van der Waals surface area contributed by atoms with Gasteiger partial charge in [0.1, 0.15) is 5.82 Å². The lowest BCUT2D eigenvalue weighted by Gasteiger charge is -2.28. The van der Waals surface area contributed by atoms with Gasteiger partial charge in [0.15, 0.2) is 0 Å². The molecule has 0 bridgehead atoms. The summed E-state index contributed by atoms with van der Waals surface area (Å²) in [5, 5.41) is 9.65. The van der Waals surface area contributed by atoms with Crippen LogP contribution < -0.4 is 4.90 Å². The molecule has 1 aliphatic heterocycles. The number of piperidine rings is 1. The summed E-state index contributed by atoms with van der Waals surface area (Å²) in [6.45, 7) is 2.08. The average molecular weight is 227 g/mol. The van der Waals surface area contributed by atoms with Crippen LogP contribution in [0, 0.1) is 0 Å². The van der Waals surface area contributed by atoms with Gasteiger partial charge in [-0.2, -0.15) is 0 Å². The first kappa shape index (κ1) is 10.7. The molecule has 2 rings (SSSR count). The number of hydrogen-bond acceptors (Lipinski definition) is 3. The lowest BCUT2D eigenvalue weighted by atomic mass is 10.1. The molecule has 0 unspecified atom stereocenters. The Hall–Kier alpha value is -0.800. The van der Waals surface area contributed by atoms with Gasteiger partial charge in [-0.3, -0.25) is 0 Å². The SMILES string of the molecule is OCc1cc(N2CCCCC2)ncc1Cl. The minimum Gasteiger partial charge on any atom is -0.392 e. The van der Waals surface area contributed by atoms with Gasteiger partial charge in [-0.25, -0.2) is 4.98 Å². The first-order valence-corrected chi connectivity index (χ1v) is 5.69. The highest BCUT2D eigenvalue weighted by molar-refractivity contribution is 6.31. The summed E-state index contributed by atoms with van der Waals surface area (Å²) in [5.41, 5.74) is 0.757. The van der Waals surface area contributed by atoms with E-state index in [1.807, 2.05) is 6.07 Å². The Bertz CT molecular complexity index is 337. The minimum absolute atomic E-state index is 0.0256. The maximum Gasteiger partial charge on any atom is 0.128 e. The minimum atomic E-state index is -0.0256. The highest BCUT2D eigenvalue weighted by atomic mass is 35.5. The van der Waals surface area contributed by atoms with E-state index < -0.39 is 0 Å². The van der Waals surface area contributed by atoms with E-state index in [-0.39, 0.29) is 6.61 Å². The van der Waals surface area contributed by atoms with Crippen molar-refractivity contribution < 1.29 is 5.11 Å². The largest absolute Gasteiger partial charge is 0.392 e. The van der Waals surface area contributed by atoms with E-state index in [2.05, 4.69) is 9.88 Å². The van der Waals surface area contributed by atoms with Gasteiger partial charge in [-0.15, -0.1) is 0 Å². The first-order valence-electron chi connectivity index (χ1n) is 5.31. The molecule has 3 nitrogen and oxygen atoms in total. The second kappa shape index (κ2) is 4.81. The van der Waals surface area contributed by atoms with Crippen molar-refractivity contribution in [2.24, 2.45) is 0 Å². The number of aliphatic hydroxyl groups is 1. The van der Waals surface area contributed by atoms with Crippen molar-refractivity contribution in [2.75, 3.05) is 18.0 Å². The average Bonchev–Trinajstić information content (AvgIpc) is 2.31. The highest BCUT2D eigenvalue weighted by Crippen LogP contribution is 2.22. The zero-order valence-electron chi connectivity index (χ0n) is 8.62. The number of hydrogen-bond donors (Lipinski definition) is 1. The highest BCUT2D eigenvalue weighted by Gasteiger charge is 2.13. The Balaban J connectivity index is 2.20. The molecule has 0 aliphatic carbocycles. The monoisotopic (exact) mass is 226 g/mol. The van der Waals surface area contributed by atoms with Crippen molar-refractivity contribution in [1.29, 1.82) is 0 Å². The van der Waals surface area contributed by atoms with Crippen molar-refractivity contribution in [3.63, 3.8) is 0 Å². The van der Waals surface area contributed by atoms with Crippen LogP contribution in [0.4, 0.5) is 5.82 Å². The van der Waals surface area contributed by atoms with Crippen molar-refractivity contribution in [3.05, 3.63) is 22.8 Å². The van der Waals surface area contributed by atoms with Gasteiger partial charge >= 0.3 is 0 Å². The van der Waals surface area contributed by atoms with Gasteiger partial charge in [0.2, 0.25) is 0 Å². The fourth-order valence-electron chi connectivity index (χ4n) is 1.88. The Morgan fingerprint density at radius 1 is 1.33 bits per heavy atom. The van der Waals surface area contributed by atoms with E-state index in [9.17, 15) is 0 Å². The van der Waals surface area contributed by atoms with E-state index >= 15 is 0 Å². The number of rotatable bonds is 2. The second-order valence-electron chi connectivity index (χ2n) is 3.84. The van der Waals surface area contributed by atoms with Gasteiger partial charge in [0.25, 0.3) is 0 Å². The third kappa shape index (κ3) is 2.41. The Labute approximate surface area is 94.7 Å². The molecule has 1 N–H and O–H groups in total. The molecule has 0 atom stereocenters. The quantitative estimate of drug-likeness (QED) is 0.840. The number of anilines is 1. The summed E-state index contributed by atoms with van der Waals surface area (Å²) in [6, 6.07) is 1.88. The molecule has 1 saturated heterocycles. The molecule has 0 radical (unpaired) electrons. The summed E-state index contributed by atoms with van der Waals surface area (Å²) in [5.74, 6) is 0.933. The predicted molar refractivity (Wildman–Crippen MR) is 61.2 cm³/mol. The first-order chi connectivity index (χ1) is 7.31. The van der Waals surface area contributed by atoms with Crippen LogP contribution in [0.25, 0.3) is 0 Å². The van der Waals surface area contributed by atoms with Crippen molar-refractivity contribution in [2.45, 2.75) is 25.9 Å². The van der Waals surface area contributed by atoms with Gasteiger partial charge in [-0.1, -0.05) is 11.6 Å². The molecular weight excluding hydrogens is 212 g/mol. The fourth-order valence-corrected chi connectivity index (χ4v) is 2.05. The topological polar surface area (TPSA) is 36.4 Å². The van der Waals surface area contributed by atoms with Crippen molar-refractivity contribution >= 4 is 17.4 Å². The zero-order valence-corrected chi connectivity index (χ0v) is 9.37. The number of nitrogens with zero attached hydrogens (tertiary/aromatic N) is 2. The normalized spacial score (nSPS) is 16.8. The molecule has 1 aromatic rings. The molecule has 0 spiro atoms. The number of pyridine rings is 1. The van der Waals surface area contributed by atoms with Gasteiger partial charge < -0.3 is 10.0 Å². The third-order valence-corrected chi connectivity index (χ3v) is 3.11. The van der Waals surface area contributed by atoms with E-state index in [4.69, 9.17) is 16.7 Å². The maximum atomic E-state index is 9.11. The van der Waals surface area contributed by atoms with Crippen LogP contribution in [-0.2, 0) is 6.61 Å². The maximum absolute atomic E-state index is 9.11. The zero-order chi connectivity index (χ0) is 10.7. The summed E-state index contributed by atoms with van der Waals surface area (Å²) >= 11 is 5.89. The molecule has 0 aromatic carbocycles. The Morgan fingerprint density at radius 2 is 2.07 bits per heavy atom. The van der Waals surface area contributed by atoms with E-state index in [1.165, 1.54) is 19.3 Å². The Kier molecular flexibility index (Phi) is 3.44. The molecule has 2 heterocycles. The third-order valence-electron chi connectivity index (χ3n) is 2.77. The van der Waals surface area contributed by atoms with Crippen LogP contribution in [0.2, 0.25) is 5.02 Å².